The molecule has 4 heteroatoms. The van der Waals surface area contributed by atoms with Crippen LogP contribution in [0, 0.1) is 0 Å². The van der Waals surface area contributed by atoms with Crippen LogP contribution in [0.2, 0.25) is 0 Å². The van der Waals surface area contributed by atoms with Gasteiger partial charge in [0, 0.05) is 35.8 Å². The Morgan fingerprint density at radius 2 is 0.833 bits per heavy atom. The molecule has 0 amide bonds. The van der Waals surface area contributed by atoms with E-state index in [1.54, 1.807) is 0 Å². The smallest absolute Gasteiger partial charge is 0.0400 e. The molecule has 0 spiro atoms. The highest BCUT2D eigenvalue weighted by atomic mass is 14.9. The maximum absolute atomic E-state index is 5.69. The Labute approximate surface area is 142 Å². The summed E-state index contributed by atoms with van der Waals surface area (Å²) in [6, 6.07) is 24.1. The summed E-state index contributed by atoms with van der Waals surface area (Å²) < 4.78 is 0. The summed E-state index contributed by atoms with van der Waals surface area (Å²) in [6.07, 6.45) is 0. The number of rotatable bonds is 6. The van der Waals surface area contributed by atoms with E-state index in [1.807, 2.05) is 48.5 Å². The molecule has 122 valence electrons. The van der Waals surface area contributed by atoms with Gasteiger partial charge in [0.15, 0.2) is 0 Å². The second-order valence-electron chi connectivity index (χ2n) is 5.77. The van der Waals surface area contributed by atoms with Crippen LogP contribution >= 0.6 is 0 Å². The molecule has 0 bridgehead atoms. The summed E-state index contributed by atoms with van der Waals surface area (Å²) in [6.45, 7) is 1.57. The van der Waals surface area contributed by atoms with Gasteiger partial charge in [-0.1, -0.05) is 24.3 Å². The van der Waals surface area contributed by atoms with E-state index in [1.165, 1.54) is 11.1 Å². The molecule has 3 rings (SSSR count). The minimum Gasteiger partial charge on any atom is -0.399 e. The summed E-state index contributed by atoms with van der Waals surface area (Å²) in [4.78, 5) is 0. The minimum atomic E-state index is 0.776. The number of nitrogens with one attached hydrogen (secondary N) is 2. The Balaban J connectivity index is 1.51. The molecule has 24 heavy (non-hydrogen) atoms. The van der Waals surface area contributed by atoms with Crippen molar-refractivity contribution in [2.24, 2.45) is 0 Å². The number of hydrogen-bond acceptors (Lipinski definition) is 4. The predicted octanol–water partition coefficient (Wildman–Crippen LogP) is 4.08. The fourth-order valence-corrected chi connectivity index (χ4v) is 2.39. The number of nitrogens with two attached hydrogens (primary N) is 2. The highest BCUT2D eigenvalue weighted by Gasteiger charge is 1.97. The molecule has 0 radical (unpaired) electrons. The summed E-state index contributed by atoms with van der Waals surface area (Å²) in [7, 11) is 0. The van der Waals surface area contributed by atoms with Crippen LogP contribution in [0.25, 0.3) is 0 Å². The zero-order valence-corrected chi connectivity index (χ0v) is 13.5. The molecule has 3 aromatic carbocycles. The molecular formula is C20H22N4. The van der Waals surface area contributed by atoms with Crippen molar-refractivity contribution in [3.05, 3.63) is 83.9 Å². The lowest BCUT2D eigenvalue weighted by atomic mass is 10.1. The van der Waals surface area contributed by atoms with Gasteiger partial charge in [0.05, 0.1) is 0 Å². The summed E-state index contributed by atoms with van der Waals surface area (Å²) in [5.74, 6) is 0. The van der Waals surface area contributed by atoms with Crippen molar-refractivity contribution in [1.29, 1.82) is 0 Å². The van der Waals surface area contributed by atoms with E-state index < -0.39 is 0 Å². The lowest BCUT2D eigenvalue weighted by molar-refractivity contribution is 1.11. The molecule has 3 aromatic rings. The summed E-state index contributed by atoms with van der Waals surface area (Å²) in [5.41, 5.74) is 17.5. The van der Waals surface area contributed by atoms with Gasteiger partial charge in [-0.2, -0.15) is 0 Å². The Bertz CT molecular complexity index is 694. The van der Waals surface area contributed by atoms with Crippen LogP contribution in [0.3, 0.4) is 0 Å². The van der Waals surface area contributed by atoms with E-state index in [0.29, 0.717) is 0 Å². The third-order valence-electron chi connectivity index (χ3n) is 3.84. The lowest BCUT2D eigenvalue weighted by Crippen LogP contribution is -2.02. The molecule has 0 heterocycles. The summed E-state index contributed by atoms with van der Waals surface area (Å²) in [5, 5.41) is 6.78. The Morgan fingerprint density at radius 3 is 1.17 bits per heavy atom. The Morgan fingerprint density at radius 1 is 0.500 bits per heavy atom. The Kier molecular flexibility index (Phi) is 4.87. The first-order valence-corrected chi connectivity index (χ1v) is 7.96. The predicted molar refractivity (Wildman–Crippen MR) is 103 cm³/mol. The lowest BCUT2D eigenvalue weighted by Gasteiger charge is -2.09. The zero-order chi connectivity index (χ0) is 16.8. The van der Waals surface area contributed by atoms with Gasteiger partial charge in [-0.05, 0) is 59.7 Å². The average Bonchev–Trinajstić information content (AvgIpc) is 2.62. The molecule has 0 aliphatic carbocycles. The molecule has 0 saturated heterocycles. The monoisotopic (exact) mass is 318 g/mol. The van der Waals surface area contributed by atoms with Gasteiger partial charge >= 0.3 is 0 Å². The van der Waals surface area contributed by atoms with Crippen LogP contribution in [0.1, 0.15) is 11.1 Å². The number of benzene rings is 3. The Hall–Kier alpha value is -3.14. The maximum Gasteiger partial charge on any atom is 0.0400 e. The van der Waals surface area contributed by atoms with Crippen molar-refractivity contribution in [3.63, 3.8) is 0 Å². The second kappa shape index (κ2) is 7.42. The van der Waals surface area contributed by atoms with E-state index in [-0.39, 0.29) is 0 Å². The van der Waals surface area contributed by atoms with Crippen LogP contribution in [0.15, 0.2) is 72.8 Å². The second-order valence-corrected chi connectivity index (χ2v) is 5.77. The first-order chi connectivity index (χ1) is 11.7. The van der Waals surface area contributed by atoms with E-state index in [4.69, 9.17) is 11.5 Å². The highest BCUT2D eigenvalue weighted by molar-refractivity contribution is 5.52. The van der Waals surface area contributed by atoms with Gasteiger partial charge in [0.25, 0.3) is 0 Å². The van der Waals surface area contributed by atoms with Crippen molar-refractivity contribution >= 4 is 22.7 Å². The third kappa shape index (κ3) is 4.43. The fourth-order valence-electron chi connectivity index (χ4n) is 2.39. The quantitative estimate of drug-likeness (QED) is 0.517. The van der Waals surface area contributed by atoms with E-state index in [0.717, 1.165) is 35.8 Å². The molecule has 0 atom stereocenters. The minimum absolute atomic E-state index is 0.776. The van der Waals surface area contributed by atoms with Gasteiger partial charge in [-0.15, -0.1) is 0 Å². The van der Waals surface area contributed by atoms with Crippen LogP contribution in [0.5, 0.6) is 0 Å². The summed E-state index contributed by atoms with van der Waals surface area (Å²) >= 11 is 0. The van der Waals surface area contributed by atoms with Crippen molar-refractivity contribution in [3.8, 4) is 0 Å². The molecule has 0 saturated carbocycles. The molecule has 4 nitrogen and oxygen atoms in total. The SMILES string of the molecule is Nc1ccc(NCc2ccc(CNc3ccc(N)cc3)cc2)cc1. The van der Waals surface area contributed by atoms with E-state index >= 15 is 0 Å². The maximum atomic E-state index is 5.69. The largest absolute Gasteiger partial charge is 0.399 e. The van der Waals surface area contributed by atoms with Gasteiger partial charge in [0.2, 0.25) is 0 Å². The molecule has 0 aliphatic heterocycles. The standard InChI is InChI=1S/C20H22N4/c21-17-5-9-19(10-6-17)23-13-15-1-2-16(4-3-15)14-24-20-11-7-18(22)8-12-20/h1-12,23-24H,13-14,21-22H2. The van der Waals surface area contributed by atoms with Crippen LogP contribution in [-0.2, 0) is 13.1 Å². The normalized spacial score (nSPS) is 10.3. The third-order valence-corrected chi connectivity index (χ3v) is 3.84. The average molecular weight is 318 g/mol. The van der Waals surface area contributed by atoms with E-state index in [9.17, 15) is 0 Å². The topological polar surface area (TPSA) is 76.1 Å². The van der Waals surface area contributed by atoms with Crippen LogP contribution in [0.4, 0.5) is 22.7 Å². The van der Waals surface area contributed by atoms with E-state index in [2.05, 4.69) is 34.9 Å². The molecule has 0 aromatic heterocycles. The van der Waals surface area contributed by atoms with Crippen molar-refractivity contribution in [1.82, 2.24) is 0 Å². The first kappa shape index (κ1) is 15.7. The molecule has 0 fully saturated rings. The number of nitrogen functional groups attached to an aromatic ring is 2. The van der Waals surface area contributed by atoms with Gasteiger partial charge < -0.3 is 22.1 Å². The molecule has 0 unspecified atom stereocenters. The van der Waals surface area contributed by atoms with Crippen LogP contribution < -0.4 is 22.1 Å². The van der Waals surface area contributed by atoms with Crippen molar-refractivity contribution < 1.29 is 0 Å². The molecule has 6 N–H and O–H groups in total. The number of anilines is 4. The number of hydrogen-bond donors (Lipinski definition) is 4. The van der Waals surface area contributed by atoms with Gasteiger partial charge in [0.1, 0.15) is 0 Å². The van der Waals surface area contributed by atoms with Crippen molar-refractivity contribution in [2.45, 2.75) is 13.1 Å². The van der Waals surface area contributed by atoms with Crippen LogP contribution in [-0.4, -0.2) is 0 Å². The van der Waals surface area contributed by atoms with Gasteiger partial charge in [-0.3, -0.25) is 0 Å². The molecular weight excluding hydrogens is 296 g/mol. The van der Waals surface area contributed by atoms with Gasteiger partial charge in [-0.25, -0.2) is 0 Å². The first-order valence-electron chi connectivity index (χ1n) is 7.96. The van der Waals surface area contributed by atoms with Crippen molar-refractivity contribution in [2.75, 3.05) is 22.1 Å². The zero-order valence-electron chi connectivity index (χ0n) is 13.5. The highest BCUT2D eigenvalue weighted by Crippen LogP contribution is 2.14. The fraction of sp³-hybridized carbons (Fsp3) is 0.100. The molecule has 0 aliphatic rings.